The SMILES string of the molecule is Cl.OC1CCC2CNCC12. The summed E-state index contributed by atoms with van der Waals surface area (Å²) in [5.74, 6) is 1.38. The van der Waals surface area contributed by atoms with Gasteiger partial charge < -0.3 is 10.4 Å². The van der Waals surface area contributed by atoms with Crippen LogP contribution in [0, 0.1) is 11.8 Å². The number of hydrogen-bond donors (Lipinski definition) is 2. The van der Waals surface area contributed by atoms with E-state index in [-0.39, 0.29) is 18.5 Å². The van der Waals surface area contributed by atoms with Crippen LogP contribution in [0.25, 0.3) is 0 Å². The molecule has 3 heteroatoms. The molecule has 3 unspecified atom stereocenters. The van der Waals surface area contributed by atoms with Crippen molar-refractivity contribution in [2.45, 2.75) is 18.9 Å². The molecule has 3 atom stereocenters. The van der Waals surface area contributed by atoms with Crippen LogP contribution in [0.15, 0.2) is 0 Å². The Morgan fingerprint density at radius 1 is 1.20 bits per heavy atom. The third-order valence-electron chi connectivity index (χ3n) is 2.72. The monoisotopic (exact) mass is 163 g/mol. The van der Waals surface area contributed by atoms with Crippen molar-refractivity contribution in [3.8, 4) is 0 Å². The van der Waals surface area contributed by atoms with Crippen LogP contribution >= 0.6 is 12.4 Å². The summed E-state index contributed by atoms with van der Waals surface area (Å²) in [6.45, 7) is 2.19. The zero-order valence-electron chi connectivity index (χ0n) is 5.92. The van der Waals surface area contributed by atoms with Crippen LogP contribution in [0.1, 0.15) is 12.8 Å². The summed E-state index contributed by atoms with van der Waals surface area (Å²) < 4.78 is 0. The average Bonchev–Trinajstić information content (AvgIpc) is 2.35. The van der Waals surface area contributed by atoms with E-state index in [1.807, 2.05) is 0 Å². The number of hydrogen-bond acceptors (Lipinski definition) is 2. The molecule has 2 fully saturated rings. The molecule has 0 aromatic heterocycles. The van der Waals surface area contributed by atoms with Crippen molar-refractivity contribution < 1.29 is 5.11 Å². The van der Waals surface area contributed by atoms with E-state index in [9.17, 15) is 5.11 Å². The van der Waals surface area contributed by atoms with Crippen LogP contribution in [-0.4, -0.2) is 24.3 Å². The van der Waals surface area contributed by atoms with Crippen LogP contribution in [0.3, 0.4) is 0 Å². The van der Waals surface area contributed by atoms with Gasteiger partial charge in [-0.3, -0.25) is 0 Å². The van der Waals surface area contributed by atoms with Gasteiger partial charge in [-0.25, -0.2) is 0 Å². The van der Waals surface area contributed by atoms with E-state index in [2.05, 4.69) is 5.32 Å². The molecule has 2 rings (SSSR count). The lowest BCUT2D eigenvalue weighted by Crippen LogP contribution is -2.19. The molecule has 2 aliphatic rings. The number of halogens is 1. The van der Waals surface area contributed by atoms with Crippen LogP contribution < -0.4 is 5.32 Å². The van der Waals surface area contributed by atoms with Gasteiger partial charge in [-0.15, -0.1) is 12.4 Å². The molecule has 60 valence electrons. The van der Waals surface area contributed by atoms with Crippen LogP contribution in [0.4, 0.5) is 0 Å². The van der Waals surface area contributed by atoms with Crippen molar-refractivity contribution in [3.63, 3.8) is 0 Å². The Hall–Kier alpha value is 0.210. The van der Waals surface area contributed by atoms with Crippen molar-refractivity contribution >= 4 is 12.4 Å². The van der Waals surface area contributed by atoms with Gasteiger partial charge >= 0.3 is 0 Å². The molecule has 0 amide bonds. The molecule has 2 N–H and O–H groups in total. The number of nitrogens with one attached hydrogen (secondary N) is 1. The molecule has 1 aliphatic heterocycles. The second-order valence-corrected chi connectivity index (χ2v) is 3.23. The maximum Gasteiger partial charge on any atom is 0.0583 e. The molecular formula is C7H14ClNO. The lowest BCUT2D eigenvalue weighted by molar-refractivity contribution is 0.133. The fraction of sp³-hybridized carbons (Fsp3) is 1.00. The topological polar surface area (TPSA) is 32.3 Å². The lowest BCUT2D eigenvalue weighted by Gasteiger charge is -2.09. The summed E-state index contributed by atoms with van der Waals surface area (Å²) in [4.78, 5) is 0. The molecule has 2 nitrogen and oxygen atoms in total. The lowest BCUT2D eigenvalue weighted by atomic mass is 10.00. The van der Waals surface area contributed by atoms with E-state index in [1.165, 1.54) is 6.42 Å². The van der Waals surface area contributed by atoms with Gasteiger partial charge in [-0.1, -0.05) is 0 Å². The van der Waals surface area contributed by atoms with E-state index in [0.29, 0.717) is 5.92 Å². The Labute approximate surface area is 67.4 Å². The van der Waals surface area contributed by atoms with Crippen molar-refractivity contribution in [1.82, 2.24) is 5.32 Å². The van der Waals surface area contributed by atoms with E-state index >= 15 is 0 Å². The number of aliphatic hydroxyl groups is 1. The Bertz CT molecular complexity index is 120. The molecular weight excluding hydrogens is 150 g/mol. The molecule has 0 bridgehead atoms. The van der Waals surface area contributed by atoms with Crippen LogP contribution in [0.2, 0.25) is 0 Å². The second kappa shape index (κ2) is 3.07. The maximum absolute atomic E-state index is 9.36. The van der Waals surface area contributed by atoms with Gasteiger partial charge in [-0.05, 0) is 25.3 Å². The highest BCUT2D eigenvalue weighted by Gasteiger charge is 2.37. The van der Waals surface area contributed by atoms with Crippen molar-refractivity contribution in [2.75, 3.05) is 13.1 Å². The minimum Gasteiger partial charge on any atom is -0.393 e. The third kappa shape index (κ3) is 1.16. The fourth-order valence-corrected chi connectivity index (χ4v) is 2.12. The highest BCUT2D eigenvalue weighted by atomic mass is 35.5. The van der Waals surface area contributed by atoms with Crippen molar-refractivity contribution in [1.29, 1.82) is 0 Å². The summed E-state index contributed by atoms with van der Waals surface area (Å²) in [6.07, 6.45) is 2.28. The predicted molar refractivity (Wildman–Crippen MR) is 42.3 cm³/mol. The highest BCUT2D eigenvalue weighted by molar-refractivity contribution is 5.85. The predicted octanol–water partition coefficient (Wildman–Crippen LogP) is 0.398. The van der Waals surface area contributed by atoms with Gasteiger partial charge in [0, 0.05) is 12.5 Å². The largest absolute Gasteiger partial charge is 0.393 e. The Kier molecular flexibility index (Phi) is 2.55. The average molecular weight is 164 g/mol. The summed E-state index contributed by atoms with van der Waals surface area (Å²) in [7, 11) is 0. The summed E-state index contributed by atoms with van der Waals surface area (Å²) in [5.41, 5.74) is 0. The van der Waals surface area contributed by atoms with Gasteiger partial charge in [0.15, 0.2) is 0 Å². The Balaban J connectivity index is 0.000000500. The summed E-state index contributed by atoms with van der Waals surface area (Å²) >= 11 is 0. The van der Waals surface area contributed by atoms with E-state index in [4.69, 9.17) is 0 Å². The van der Waals surface area contributed by atoms with Gasteiger partial charge in [-0.2, -0.15) is 0 Å². The first-order valence-corrected chi connectivity index (χ1v) is 3.76. The minimum absolute atomic E-state index is 0. The van der Waals surface area contributed by atoms with Gasteiger partial charge in [0.05, 0.1) is 6.10 Å². The molecule has 1 saturated heterocycles. The van der Waals surface area contributed by atoms with Crippen LogP contribution in [0.5, 0.6) is 0 Å². The highest BCUT2D eigenvalue weighted by Crippen LogP contribution is 2.33. The van der Waals surface area contributed by atoms with Gasteiger partial charge in [0.2, 0.25) is 0 Å². The third-order valence-corrected chi connectivity index (χ3v) is 2.72. The van der Waals surface area contributed by atoms with E-state index < -0.39 is 0 Å². The molecule has 10 heavy (non-hydrogen) atoms. The smallest absolute Gasteiger partial charge is 0.0583 e. The molecule has 1 aliphatic carbocycles. The van der Waals surface area contributed by atoms with E-state index in [1.54, 1.807) is 0 Å². The molecule has 0 radical (unpaired) electrons. The zero-order valence-corrected chi connectivity index (χ0v) is 6.73. The molecule has 1 saturated carbocycles. The fourth-order valence-electron chi connectivity index (χ4n) is 2.12. The molecule has 1 heterocycles. The van der Waals surface area contributed by atoms with Gasteiger partial charge in [0.1, 0.15) is 0 Å². The summed E-state index contributed by atoms with van der Waals surface area (Å²) in [5, 5.41) is 12.7. The first kappa shape index (κ1) is 8.31. The summed E-state index contributed by atoms with van der Waals surface area (Å²) in [6, 6.07) is 0. The van der Waals surface area contributed by atoms with E-state index in [0.717, 1.165) is 25.4 Å². The molecule has 0 aromatic carbocycles. The van der Waals surface area contributed by atoms with Gasteiger partial charge in [0.25, 0.3) is 0 Å². The second-order valence-electron chi connectivity index (χ2n) is 3.23. The Morgan fingerprint density at radius 3 is 2.70 bits per heavy atom. The van der Waals surface area contributed by atoms with Crippen molar-refractivity contribution in [2.24, 2.45) is 11.8 Å². The number of aliphatic hydroxyl groups excluding tert-OH is 1. The standard InChI is InChI=1S/C7H13NO.ClH/c9-7-2-1-5-3-8-4-6(5)7;/h5-9H,1-4H2;1H. The first-order valence-electron chi connectivity index (χ1n) is 3.76. The Morgan fingerprint density at radius 2 is 2.00 bits per heavy atom. The zero-order chi connectivity index (χ0) is 6.27. The number of rotatable bonds is 0. The number of fused-ring (bicyclic) bond motifs is 1. The quantitative estimate of drug-likeness (QED) is 0.542. The molecule has 0 spiro atoms. The normalized spacial score (nSPS) is 44.7. The molecule has 0 aromatic rings. The van der Waals surface area contributed by atoms with Crippen molar-refractivity contribution in [3.05, 3.63) is 0 Å². The maximum atomic E-state index is 9.36. The minimum atomic E-state index is 0. The first-order chi connectivity index (χ1) is 4.38. The van der Waals surface area contributed by atoms with Crippen LogP contribution in [-0.2, 0) is 0 Å².